The molecule has 0 amide bonds. The molecule has 0 aromatic carbocycles. The van der Waals surface area contributed by atoms with Gasteiger partial charge in [0, 0.05) is 0 Å². The molecule has 0 N–H and O–H groups in total. The first-order chi connectivity index (χ1) is 3.63. The van der Waals surface area contributed by atoms with Crippen LogP contribution in [-0.4, -0.2) is 27.1 Å². The quantitative estimate of drug-likeness (QED) is 0.330. The largest absolute Gasteiger partial charge is 0.308 e. The molecule has 0 aromatic rings. The van der Waals surface area contributed by atoms with Crippen LogP contribution in [0.25, 0.3) is 0 Å². The van der Waals surface area contributed by atoms with Gasteiger partial charge in [-0.15, -0.1) is 0 Å². The van der Waals surface area contributed by atoms with Crippen molar-refractivity contribution in [1.29, 1.82) is 0 Å². The minimum Gasteiger partial charge on any atom is -0.308 e. The minimum atomic E-state index is -0.677. The van der Waals surface area contributed by atoms with Gasteiger partial charge in [-0.3, -0.25) is 0 Å². The Hall–Kier alpha value is -0.790. The van der Waals surface area contributed by atoms with Crippen molar-refractivity contribution in [3.8, 4) is 0 Å². The number of hydrogen-bond acceptors (Lipinski definition) is 2. The second-order valence-corrected chi connectivity index (χ2v) is 1.14. The Morgan fingerprint density at radius 1 is 1.00 bits per heavy atom. The van der Waals surface area contributed by atoms with Gasteiger partial charge in [-0.1, -0.05) is 0 Å². The Labute approximate surface area is 49.8 Å². The molecule has 0 aliphatic carbocycles. The summed E-state index contributed by atoms with van der Waals surface area (Å²) < 4.78 is 0. The highest BCUT2D eigenvalue weighted by atomic mass is 16.1. The van der Waals surface area contributed by atoms with E-state index in [1.54, 1.807) is 0 Å². The van der Waals surface area contributed by atoms with Gasteiger partial charge in [0.1, 0.15) is 0 Å². The van der Waals surface area contributed by atoms with Crippen LogP contribution >= 0.6 is 0 Å². The highest BCUT2D eigenvalue weighted by Crippen LogP contribution is 1.69. The SMILES string of the molecule is [B]C(=O)/C=C/C([B])=O. The third-order valence-corrected chi connectivity index (χ3v) is 0.412. The van der Waals surface area contributed by atoms with Gasteiger partial charge in [0.2, 0.25) is 0 Å². The molecular formula is C4H2B2O2. The summed E-state index contributed by atoms with van der Waals surface area (Å²) in [5.74, 6) is 0. The molecule has 0 aliphatic rings. The topological polar surface area (TPSA) is 34.1 Å². The summed E-state index contributed by atoms with van der Waals surface area (Å²) in [4.78, 5) is 19.7. The summed E-state index contributed by atoms with van der Waals surface area (Å²) >= 11 is 0. The molecule has 0 heterocycles. The van der Waals surface area contributed by atoms with E-state index in [-0.39, 0.29) is 0 Å². The van der Waals surface area contributed by atoms with Crippen LogP contribution in [0.4, 0.5) is 0 Å². The number of allylic oxidation sites excluding steroid dienone is 2. The average molecular weight is 104 g/mol. The number of hydrogen-bond donors (Lipinski definition) is 0. The molecule has 4 radical (unpaired) electrons. The standard InChI is InChI=1S/C4H2B2O2/c5-3(7)1-2-4(6)8/h1-2H/b2-1+. The lowest BCUT2D eigenvalue weighted by atomic mass is 9.98. The number of carbonyl (C=O) groups is 2. The molecule has 0 atom stereocenters. The molecule has 0 spiro atoms. The van der Waals surface area contributed by atoms with Crippen molar-refractivity contribution < 1.29 is 9.59 Å². The second kappa shape index (κ2) is 3.24. The van der Waals surface area contributed by atoms with Gasteiger partial charge in [-0.25, -0.2) is 0 Å². The van der Waals surface area contributed by atoms with Crippen molar-refractivity contribution in [2.75, 3.05) is 0 Å². The van der Waals surface area contributed by atoms with E-state index < -0.39 is 11.4 Å². The van der Waals surface area contributed by atoms with Crippen molar-refractivity contribution in [3.63, 3.8) is 0 Å². The van der Waals surface area contributed by atoms with E-state index in [0.717, 1.165) is 12.2 Å². The van der Waals surface area contributed by atoms with Gasteiger partial charge in [0.15, 0.2) is 15.7 Å². The van der Waals surface area contributed by atoms with E-state index >= 15 is 0 Å². The van der Waals surface area contributed by atoms with Crippen LogP contribution in [0.3, 0.4) is 0 Å². The molecule has 0 saturated carbocycles. The fourth-order valence-electron chi connectivity index (χ4n) is 0.164. The zero-order chi connectivity index (χ0) is 6.57. The fraction of sp³-hybridized carbons (Fsp3) is 0. The lowest BCUT2D eigenvalue weighted by Gasteiger charge is -1.75. The third-order valence-electron chi connectivity index (χ3n) is 0.412. The van der Waals surface area contributed by atoms with Crippen LogP contribution in [0.1, 0.15) is 0 Å². The van der Waals surface area contributed by atoms with Gasteiger partial charge in [-0.05, 0) is 12.2 Å². The summed E-state index contributed by atoms with van der Waals surface area (Å²) in [5, 5.41) is 0. The predicted molar refractivity (Wildman–Crippen MR) is 30.7 cm³/mol. The molecule has 8 heavy (non-hydrogen) atoms. The molecule has 0 aromatic heterocycles. The van der Waals surface area contributed by atoms with Gasteiger partial charge >= 0.3 is 0 Å². The molecule has 0 rings (SSSR count). The Morgan fingerprint density at radius 2 is 1.25 bits per heavy atom. The average Bonchev–Trinajstić information content (AvgIpc) is 1.61. The maximum absolute atomic E-state index is 9.83. The summed E-state index contributed by atoms with van der Waals surface area (Å²) in [6, 6.07) is 0. The summed E-state index contributed by atoms with van der Waals surface area (Å²) in [6.07, 6.45) is 1.81. The monoisotopic (exact) mass is 104 g/mol. The molecule has 2 nitrogen and oxygen atoms in total. The fourth-order valence-corrected chi connectivity index (χ4v) is 0.164. The highest BCUT2D eigenvalue weighted by Gasteiger charge is 1.82. The third kappa shape index (κ3) is 5.21. The Kier molecular flexibility index (Phi) is 2.92. The first kappa shape index (κ1) is 7.21. The summed E-state index contributed by atoms with van der Waals surface area (Å²) in [7, 11) is 9.21. The summed E-state index contributed by atoms with van der Waals surface area (Å²) in [6.45, 7) is 0. The zero-order valence-electron chi connectivity index (χ0n) is 4.13. The van der Waals surface area contributed by atoms with Gasteiger partial charge < -0.3 is 9.59 Å². The molecule has 36 valence electrons. The van der Waals surface area contributed by atoms with E-state index in [1.165, 1.54) is 0 Å². The van der Waals surface area contributed by atoms with Crippen molar-refractivity contribution >= 4 is 27.1 Å². The first-order valence-corrected chi connectivity index (χ1v) is 1.90. The minimum absolute atomic E-state index is 0.677. The van der Waals surface area contributed by atoms with Crippen LogP contribution in [0.15, 0.2) is 12.2 Å². The maximum atomic E-state index is 9.83. The van der Waals surface area contributed by atoms with Crippen molar-refractivity contribution in [2.45, 2.75) is 0 Å². The smallest absolute Gasteiger partial charge is 0.174 e. The van der Waals surface area contributed by atoms with Crippen LogP contribution in [0.5, 0.6) is 0 Å². The Balaban J connectivity index is 3.67. The molecule has 0 saturated heterocycles. The molecule has 0 fully saturated rings. The van der Waals surface area contributed by atoms with E-state index in [9.17, 15) is 9.59 Å². The number of rotatable bonds is 2. The predicted octanol–water partition coefficient (Wildman–Crippen LogP) is -1.07. The van der Waals surface area contributed by atoms with E-state index in [0.29, 0.717) is 0 Å². The van der Waals surface area contributed by atoms with E-state index in [4.69, 9.17) is 0 Å². The van der Waals surface area contributed by atoms with Crippen molar-refractivity contribution in [1.82, 2.24) is 0 Å². The molecule has 0 unspecified atom stereocenters. The number of carbonyl (C=O) groups excluding carboxylic acids is 2. The van der Waals surface area contributed by atoms with Crippen LogP contribution in [-0.2, 0) is 9.59 Å². The van der Waals surface area contributed by atoms with Crippen LogP contribution in [0.2, 0.25) is 0 Å². The maximum Gasteiger partial charge on any atom is 0.174 e. The van der Waals surface area contributed by atoms with E-state index in [2.05, 4.69) is 15.7 Å². The first-order valence-electron chi connectivity index (χ1n) is 1.90. The highest BCUT2D eigenvalue weighted by molar-refractivity contribution is 6.64. The lowest BCUT2D eigenvalue weighted by molar-refractivity contribution is -0.109. The zero-order valence-corrected chi connectivity index (χ0v) is 4.13. The van der Waals surface area contributed by atoms with E-state index in [1.807, 2.05) is 0 Å². The normalized spacial score (nSPS) is 9.50. The second-order valence-electron chi connectivity index (χ2n) is 1.14. The van der Waals surface area contributed by atoms with Gasteiger partial charge in [0.25, 0.3) is 0 Å². The molecule has 4 heteroatoms. The lowest BCUT2D eigenvalue weighted by Crippen LogP contribution is -1.93. The van der Waals surface area contributed by atoms with Crippen LogP contribution < -0.4 is 0 Å². The molecule has 0 aliphatic heterocycles. The Bertz CT molecular complexity index is 123. The van der Waals surface area contributed by atoms with Crippen molar-refractivity contribution in [2.24, 2.45) is 0 Å². The molecule has 0 bridgehead atoms. The van der Waals surface area contributed by atoms with Crippen LogP contribution in [0, 0.1) is 0 Å². The Morgan fingerprint density at radius 3 is 1.38 bits per heavy atom. The van der Waals surface area contributed by atoms with Gasteiger partial charge in [0.05, 0.1) is 11.4 Å². The summed E-state index contributed by atoms with van der Waals surface area (Å²) in [5.41, 5.74) is -1.35. The molecular weight excluding hydrogens is 102 g/mol. The van der Waals surface area contributed by atoms with Gasteiger partial charge in [-0.2, -0.15) is 0 Å². The van der Waals surface area contributed by atoms with Crippen molar-refractivity contribution in [3.05, 3.63) is 12.2 Å².